The molecule has 44 heavy (non-hydrogen) atoms. The maximum Gasteiger partial charge on any atom is 0.135 e. The van der Waals surface area contributed by atoms with Gasteiger partial charge in [-0.25, -0.2) is 0 Å². The number of benzene rings is 4. The monoisotopic (exact) mass is 580 g/mol. The number of hydrogen-bond acceptors (Lipinski definition) is 5. The summed E-state index contributed by atoms with van der Waals surface area (Å²) in [6.07, 6.45) is 3.57. The number of pyridine rings is 2. The lowest BCUT2D eigenvalue weighted by Gasteiger charge is -2.02. The molecule has 8 aromatic rings. The summed E-state index contributed by atoms with van der Waals surface area (Å²) >= 11 is 0. The number of nitrogens with zero attached hydrogens (tertiary/aromatic N) is 2. The zero-order valence-electron chi connectivity index (χ0n) is 25.7. The zero-order valence-corrected chi connectivity index (χ0v) is 25.7. The summed E-state index contributed by atoms with van der Waals surface area (Å²) in [6, 6.07) is 39.0. The highest BCUT2D eigenvalue weighted by Crippen LogP contribution is 2.35. The van der Waals surface area contributed by atoms with E-state index in [1.165, 1.54) is 22.1 Å². The van der Waals surface area contributed by atoms with Gasteiger partial charge in [-0.1, -0.05) is 54.1 Å². The van der Waals surface area contributed by atoms with Gasteiger partial charge in [-0.05, 0) is 98.6 Å². The van der Waals surface area contributed by atoms with Crippen molar-refractivity contribution in [1.29, 1.82) is 0 Å². The number of para-hydroxylation sites is 1. The Kier molecular flexibility index (Phi) is 9.80. The van der Waals surface area contributed by atoms with Gasteiger partial charge in [-0.15, -0.1) is 0 Å². The summed E-state index contributed by atoms with van der Waals surface area (Å²) in [5.41, 5.74) is 9.45. The molecule has 0 spiro atoms. The second-order valence-electron chi connectivity index (χ2n) is 10.5. The van der Waals surface area contributed by atoms with Crippen LogP contribution in [0.2, 0.25) is 0 Å². The number of furan rings is 2. The van der Waals surface area contributed by atoms with E-state index in [0.29, 0.717) is 0 Å². The number of hydrogen-bond donors (Lipinski definition) is 0. The first-order valence-electron chi connectivity index (χ1n) is 14.5. The minimum atomic E-state index is 0.922. The fraction of sp³-hybridized carbons (Fsp3) is 0.128. The summed E-state index contributed by atoms with van der Waals surface area (Å²) in [5, 5.41) is 4.63. The molecule has 0 atom stereocenters. The maximum atomic E-state index is 6.00. The highest BCUT2D eigenvalue weighted by Gasteiger charge is 2.11. The summed E-state index contributed by atoms with van der Waals surface area (Å²) < 4.78 is 16.2. The Morgan fingerprint density at radius 2 is 0.886 bits per heavy atom. The Balaban J connectivity index is 0.000000185. The van der Waals surface area contributed by atoms with Crippen molar-refractivity contribution in [2.24, 2.45) is 0 Å². The highest BCUT2D eigenvalue weighted by molar-refractivity contribution is 6.08. The fourth-order valence-corrected chi connectivity index (χ4v) is 4.87. The lowest BCUT2D eigenvalue weighted by atomic mass is 10.0. The number of fused-ring (bicyclic) bond motifs is 6. The van der Waals surface area contributed by atoms with E-state index in [-0.39, 0.29) is 0 Å². The minimum absolute atomic E-state index is 0.922. The lowest BCUT2D eigenvalue weighted by molar-refractivity contribution is 0.277. The van der Waals surface area contributed by atoms with Crippen LogP contribution in [0.5, 0.6) is 0 Å². The van der Waals surface area contributed by atoms with Crippen LogP contribution in [0.3, 0.4) is 0 Å². The Morgan fingerprint density at radius 1 is 0.455 bits per heavy atom. The second-order valence-corrected chi connectivity index (χ2v) is 10.5. The van der Waals surface area contributed by atoms with E-state index < -0.39 is 0 Å². The standard InChI is InChI=1S/C25H16O2.2C6H7N.C2H6O/c1-15-6-9-23-19(12-15)21-14-17(8-11-25(21)27-23)16-7-10-24-20(13-16)18-4-2-3-5-22(18)26-24;2*1-6-4-2-3-5-7-6;1-3-2/h2-14H,1H3;2*2-5H,1H3;1-2H3. The molecule has 5 nitrogen and oxygen atoms in total. The van der Waals surface area contributed by atoms with Gasteiger partial charge in [0.2, 0.25) is 0 Å². The molecule has 4 heterocycles. The van der Waals surface area contributed by atoms with E-state index in [0.717, 1.165) is 49.9 Å². The van der Waals surface area contributed by atoms with E-state index in [4.69, 9.17) is 8.83 Å². The maximum absolute atomic E-state index is 6.00. The number of rotatable bonds is 1. The van der Waals surface area contributed by atoms with Crippen LogP contribution in [0.4, 0.5) is 0 Å². The van der Waals surface area contributed by atoms with Crippen molar-refractivity contribution >= 4 is 43.9 Å². The van der Waals surface area contributed by atoms with E-state index in [1.807, 2.05) is 68.4 Å². The van der Waals surface area contributed by atoms with Crippen molar-refractivity contribution in [1.82, 2.24) is 9.97 Å². The van der Waals surface area contributed by atoms with Crippen LogP contribution in [0.15, 0.2) is 136 Å². The fourth-order valence-electron chi connectivity index (χ4n) is 4.87. The van der Waals surface area contributed by atoms with E-state index >= 15 is 0 Å². The molecule has 0 saturated heterocycles. The smallest absolute Gasteiger partial charge is 0.135 e. The Bertz CT molecular complexity index is 2060. The number of ether oxygens (including phenoxy) is 1. The van der Waals surface area contributed by atoms with Crippen LogP contribution in [0.25, 0.3) is 55.0 Å². The molecule has 0 aliphatic carbocycles. The molecule has 0 amide bonds. The van der Waals surface area contributed by atoms with Gasteiger partial charge < -0.3 is 13.6 Å². The molecule has 0 aliphatic rings. The molecule has 0 saturated carbocycles. The van der Waals surface area contributed by atoms with Gasteiger partial charge in [0.15, 0.2) is 0 Å². The average molecular weight is 581 g/mol. The van der Waals surface area contributed by atoms with E-state index in [1.54, 1.807) is 26.6 Å². The zero-order chi connectivity index (χ0) is 30.9. The molecule has 0 N–H and O–H groups in total. The van der Waals surface area contributed by atoms with Gasteiger partial charge in [0.05, 0.1) is 0 Å². The van der Waals surface area contributed by atoms with Crippen molar-refractivity contribution in [3.8, 4) is 11.1 Å². The molecule has 0 radical (unpaired) electrons. The third-order valence-electron chi connectivity index (χ3n) is 6.96. The molecule has 4 aromatic carbocycles. The minimum Gasteiger partial charge on any atom is -0.456 e. The van der Waals surface area contributed by atoms with E-state index in [2.05, 4.69) is 82.3 Å². The molecule has 4 aromatic heterocycles. The number of methoxy groups -OCH3 is 1. The lowest BCUT2D eigenvalue weighted by Crippen LogP contribution is -1.78. The predicted molar refractivity (Wildman–Crippen MR) is 182 cm³/mol. The first-order valence-corrected chi connectivity index (χ1v) is 14.5. The summed E-state index contributed by atoms with van der Waals surface area (Å²) in [7, 11) is 3.25. The Labute approximate surface area is 257 Å². The van der Waals surface area contributed by atoms with Crippen LogP contribution >= 0.6 is 0 Å². The van der Waals surface area contributed by atoms with Gasteiger partial charge in [0.25, 0.3) is 0 Å². The number of aromatic nitrogens is 2. The van der Waals surface area contributed by atoms with E-state index in [9.17, 15) is 0 Å². The quantitative estimate of drug-likeness (QED) is 0.193. The van der Waals surface area contributed by atoms with Crippen molar-refractivity contribution in [3.63, 3.8) is 0 Å². The molecule has 5 heteroatoms. The van der Waals surface area contributed by atoms with Gasteiger partial charge in [-0.3, -0.25) is 9.97 Å². The molecule has 0 aliphatic heterocycles. The molecule has 0 fully saturated rings. The summed E-state index contributed by atoms with van der Waals surface area (Å²) in [6.45, 7) is 6.06. The predicted octanol–water partition coefficient (Wildman–Crippen LogP) is 10.5. The summed E-state index contributed by atoms with van der Waals surface area (Å²) in [4.78, 5) is 7.96. The SMILES string of the molecule is COC.Cc1ccc2oc3ccc(-c4ccc5oc6ccccc6c5c4)cc3c2c1.Cc1ccccn1.Cc1ccccn1. The first kappa shape index (κ1) is 30.2. The van der Waals surface area contributed by atoms with Crippen LogP contribution in [-0.4, -0.2) is 24.2 Å². The van der Waals surface area contributed by atoms with Crippen molar-refractivity contribution < 1.29 is 13.6 Å². The Hall–Kier alpha value is -5.26. The molecule has 220 valence electrons. The third kappa shape index (κ3) is 7.20. The second kappa shape index (κ2) is 14.3. The van der Waals surface area contributed by atoms with Crippen LogP contribution in [-0.2, 0) is 4.74 Å². The molecular formula is C39H36N2O3. The normalized spacial score (nSPS) is 10.5. The molecule has 0 bridgehead atoms. The summed E-state index contributed by atoms with van der Waals surface area (Å²) in [5.74, 6) is 0. The number of aryl methyl sites for hydroxylation is 3. The third-order valence-corrected chi connectivity index (χ3v) is 6.96. The van der Waals surface area contributed by atoms with Gasteiger partial charge >= 0.3 is 0 Å². The Morgan fingerprint density at radius 3 is 1.36 bits per heavy atom. The average Bonchev–Trinajstić information content (AvgIpc) is 3.60. The largest absolute Gasteiger partial charge is 0.456 e. The first-order chi connectivity index (χ1) is 21.5. The van der Waals surface area contributed by atoms with Gasteiger partial charge in [-0.2, -0.15) is 0 Å². The highest BCUT2D eigenvalue weighted by atomic mass is 16.4. The molecule has 8 rings (SSSR count). The van der Waals surface area contributed by atoms with Crippen LogP contribution in [0, 0.1) is 20.8 Å². The van der Waals surface area contributed by atoms with Crippen molar-refractivity contribution in [3.05, 3.63) is 145 Å². The van der Waals surface area contributed by atoms with Crippen molar-refractivity contribution in [2.45, 2.75) is 20.8 Å². The van der Waals surface area contributed by atoms with Crippen LogP contribution < -0.4 is 0 Å². The molecular weight excluding hydrogens is 544 g/mol. The van der Waals surface area contributed by atoms with Crippen molar-refractivity contribution in [2.75, 3.05) is 14.2 Å². The van der Waals surface area contributed by atoms with Gasteiger partial charge in [0.1, 0.15) is 22.3 Å². The van der Waals surface area contributed by atoms with Gasteiger partial charge in [0, 0.05) is 59.5 Å². The topological polar surface area (TPSA) is 61.3 Å². The molecule has 0 unspecified atom stereocenters. The van der Waals surface area contributed by atoms with Crippen LogP contribution in [0.1, 0.15) is 17.0 Å².